The van der Waals surface area contributed by atoms with Crippen molar-refractivity contribution in [1.29, 1.82) is 0 Å². The maximum atomic E-state index is 12.1. The number of hydrogen-bond donors (Lipinski definition) is 1. The quantitative estimate of drug-likeness (QED) is 0.810. The molecule has 0 aliphatic carbocycles. The summed E-state index contributed by atoms with van der Waals surface area (Å²) >= 11 is 3.11. The maximum Gasteiger partial charge on any atom is 0.471 e. The number of ether oxygens (including phenoxy) is 2. The number of carbonyl (C=O) groups is 2. The number of hydrogen-bond acceptors (Lipinski definition) is 4. The second-order valence-electron chi connectivity index (χ2n) is 3.69. The average molecular weight is 370 g/mol. The Kier molecular flexibility index (Phi) is 6.01. The highest BCUT2D eigenvalue weighted by Gasteiger charge is 2.38. The van der Waals surface area contributed by atoms with Crippen LogP contribution in [0, 0.1) is 0 Å². The normalized spacial score (nSPS) is 10.9. The molecule has 9 heteroatoms. The Balaban J connectivity index is 2.76. The number of benzene rings is 1. The molecule has 0 aromatic heterocycles. The largest absolute Gasteiger partial charge is 0.481 e. The van der Waals surface area contributed by atoms with Crippen molar-refractivity contribution in [2.24, 2.45) is 0 Å². The molecule has 1 N–H and O–H groups in total. The summed E-state index contributed by atoms with van der Waals surface area (Å²) in [6, 6.07) is 3.80. The van der Waals surface area contributed by atoms with Gasteiger partial charge < -0.3 is 14.8 Å². The van der Waals surface area contributed by atoms with Crippen LogP contribution in [-0.4, -0.2) is 31.3 Å². The first-order chi connectivity index (χ1) is 9.74. The van der Waals surface area contributed by atoms with E-state index in [-0.39, 0.29) is 18.0 Å². The second-order valence-corrected chi connectivity index (χ2v) is 4.55. The molecule has 0 radical (unpaired) electrons. The summed E-state index contributed by atoms with van der Waals surface area (Å²) < 4.78 is 46.6. The van der Waals surface area contributed by atoms with Crippen LogP contribution >= 0.6 is 15.9 Å². The Morgan fingerprint density at radius 1 is 1.33 bits per heavy atom. The van der Waals surface area contributed by atoms with E-state index in [2.05, 4.69) is 20.7 Å². The molecule has 5 nitrogen and oxygen atoms in total. The van der Waals surface area contributed by atoms with E-state index >= 15 is 0 Å². The van der Waals surface area contributed by atoms with Gasteiger partial charge in [-0.15, -0.1) is 0 Å². The van der Waals surface area contributed by atoms with E-state index in [1.807, 2.05) is 0 Å². The molecule has 0 saturated carbocycles. The highest BCUT2D eigenvalue weighted by molar-refractivity contribution is 9.10. The summed E-state index contributed by atoms with van der Waals surface area (Å²) in [7, 11) is 0. The van der Waals surface area contributed by atoms with Crippen LogP contribution in [-0.2, 0) is 14.3 Å². The summed E-state index contributed by atoms with van der Waals surface area (Å²) in [6.45, 7) is 1.41. The Labute approximate surface area is 126 Å². The van der Waals surface area contributed by atoms with E-state index in [4.69, 9.17) is 4.74 Å². The number of alkyl halides is 3. The maximum absolute atomic E-state index is 12.1. The van der Waals surface area contributed by atoms with Crippen molar-refractivity contribution in [3.05, 3.63) is 22.7 Å². The van der Waals surface area contributed by atoms with Gasteiger partial charge in [0.15, 0.2) is 6.61 Å². The average Bonchev–Trinajstić information content (AvgIpc) is 2.38. The van der Waals surface area contributed by atoms with Gasteiger partial charge in [0.1, 0.15) is 5.75 Å². The summed E-state index contributed by atoms with van der Waals surface area (Å²) in [5.74, 6) is -2.61. The van der Waals surface area contributed by atoms with Crippen LogP contribution in [0.15, 0.2) is 22.7 Å². The van der Waals surface area contributed by atoms with Gasteiger partial charge in [0, 0.05) is 11.8 Å². The fourth-order valence-corrected chi connectivity index (χ4v) is 1.59. The molecule has 0 unspecified atom stereocenters. The van der Waals surface area contributed by atoms with E-state index in [0.717, 1.165) is 6.07 Å². The third-order valence-electron chi connectivity index (χ3n) is 2.10. The number of halogens is 4. The van der Waals surface area contributed by atoms with Crippen molar-refractivity contribution in [2.75, 3.05) is 18.5 Å². The van der Waals surface area contributed by atoms with Gasteiger partial charge in [-0.25, -0.2) is 4.79 Å². The first kappa shape index (κ1) is 17.3. The number of amides is 1. The van der Waals surface area contributed by atoms with Crippen LogP contribution < -0.4 is 10.1 Å². The minimum atomic E-state index is -4.99. The first-order valence-electron chi connectivity index (χ1n) is 5.70. The molecule has 0 heterocycles. The molecule has 21 heavy (non-hydrogen) atoms. The van der Waals surface area contributed by atoms with E-state index in [9.17, 15) is 22.8 Å². The predicted molar refractivity (Wildman–Crippen MR) is 71.0 cm³/mol. The van der Waals surface area contributed by atoms with Crippen molar-refractivity contribution in [3.8, 4) is 5.75 Å². The molecule has 0 aliphatic rings. The Hall–Kier alpha value is -1.77. The molecule has 0 atom stereocenters. The van der Waals surface area contributed by atoms with E-state index in [1.165, 1.54) is 12.1 Å². The zero-order valence-corrected chi connectivity index (χ0v) is 12.4. The van der Waals surface area contributed by atoms with Gasteiger partial charge in [-0.05, 0) is 35.0 Å². The summed E-state index contributed by atoms with van der Waals surface area (Å²) in [4.78, 5) is 22.0. The lowest BCUT2D eigenvalue weighted by Crippen LogP contribution is -2.29. The van der Waals surface area contributed by atoms with Gasteiger partial charge in [-0.1, -0.05) is 0 Å². The highest BCUT2D eigenvalue weighted by atomic mass is 79.9. The van der Waals surface area contributed by atoms with Gasteiger partial charge in [-0.3, -0.25) is 4.79 Å². The van der Waals surface area contributed by atoms with Gasteiger partial charge in [0.25, 0.3) is 0 Å². The van der Waals surface area contributed by atoms with Crippen molar-refractivity contribution < 1.29 is 32.2 Å². The smallest absolute Gasteiger partial charge is 0.471 e. The van der Waals surface area contributed by atoms with Crippen molar-refractivity contribution in [2.45, 2.75) is 13.1 Å². The van der Waals surface area contributed by atoms with E-state index < -0.39 is 24.7 Å². The Morgan fingerprint density at radius 2 is 2.00 bits per heavy atom. The number of carbonyl (C=O) groups excluding carboxylic acids is 2. The third kappa shape index (κ3) is 5.62. The minimum Gasteiger partial charge on any atom is -0.481 e. The van der Waals surface area contributed by atoms with Crippen LogP contribution in [0.25, 0.3) is 0 Å². The molecule has 1 amide bonds. The van der Waals surface area contributed by atoms with Crippen molar-refractivity contribution in [1.82, 2.24) is 0 Å². The molecule has 0 spiro atoms. The molecule has 1 aromatic carbocycles. The number of esters is 1. The number of nitrogens with one attached hydrogen (secondary N) is 1. The second kappa shape index (κ2) is 7.30. The monoisotopic (exact) mass is 369 g/mol. The standard InChI is InChI=1S/C12H11BrF3NO4/c1-2-20-10(18)6-21-9-5-7(3-4-8(9)13)17-11(19)12(14,15)16/h3-5H,2,6H2,1H3,(H,17,19). The van der Waals surface area contributed by atoms with Crippen LogP contribution in [0.1, 0.15) is 6.92 Å². The minimum absolute atomic E-state index is 0.100. The zero-order valence-electron chi connectivity index (χ0n) is 10.8. The molecular formula is C12H11BrF3NO4. The lowest BCUT2D eigenvalue weighted by atomic mass is 10.3. The fraction of sp³-hybridized carbons (Fsp3) is 0.333. The van der Waals surface area contributed by atoms with E-state index in [1.54, 1.807) is 12.2 Å². The molecule has 116 valence electrons. The highest BCUT2D eigenvalue weighted by Crippen LogP contribution is 2.29. The van der Waals surface area contributed by atoms with Gasteiger partial charge in [0.05, 0.1) is 11.1 Å². The van der Waals surface area contributed by atoms with Crippen molar-refractivity contribution in [3.63, 3.8) is 0 Å². The molecule has 0 fully saturated rings. The zero-order chi connectivity index (χ0) is 16.0. The first-order valence-corrected chi connectivity index (χ1v) is 6.49. The van der Waals surface area contributed by atoms with Crippen molar-refractivity contribution >= 4 is 33.5 Å². The lowest BCUT2D eigenvalue weighted by molar-refractivity contribution is -0.167. The van der Waals surface area contributed by atoms with Crippen LogP contribution in [0.2, 0.25) is 0 Å². The third-order valence-corrected chi connectivity index (χ3v) is 2.75. The topological polar surface area (TPSA) is 64.6 Å². The molecule has 1 aromatic rings. The summed E-state index contributed by atoms with van der Waals surface area (Å²) in [5.41, 5.74) is -0.112. The fourth-order valence-electron chi connectivity index (χ4n) is 1.23. The van der Waals surface area contributed by atoms with Crippen LogP contribution in [0.3, 0.4) is 0 Å². The van der Waals surface area contributed by atoms with Gasteiger partial charge in [-0.2, -0.15) is 13.2 Å². The van der Waals surface area contributed by atoms with Gasteiger partial charge >= 0.3 is 18.1 Å². The number of anilines is 1. The molecule has 0 saturated heterocycles. The summed E-state index contributed by atoms with van der Waals surface area (Å²) in [6.07, 6.45) is -4.99. The van der Waals surface area contributed by atoms with Gasteiger partial charge in [0.2, 0.25) is 0 Å². The van der Waals surface area contributed by atoms with Crippen LogP contribution in [0.4, 0.5) is 18.9 Å². The number of rotatable bonds is 5. The molecule has 0 bridgehead atoms. The van der Waals surface area contributed by atoms with Crippen LogP contribution in [0.5, 0.6) is 5.75 Å². The molecular weight excluding hydrogens is 359 g/mol. The SMILES string of the molecule is CCOC(=O)COc1cc(NC(=O)C(F)(F)F)ccc1Br. The Bertz CT molecular complexity index is 534. The molecule has 0 aliphatic heterocycles. The Morgan fingerprint density at radius 3 is 2.57 bits per heavy atom. The molecule has 1 rings (SSSR count). The van der Waals surface area contributed by atoms with E-state index in [0.29, 0.717) is 4.47 Å². The predicted octanol–water partition coefficient (Wildman–Crippen LogP) is 2.89. The lowest BCUT2D eigenvalue weighted by Gasteiger charge is -2.11. The summed E-state index contributed by atoms with van der Waals surface area (Å²) in [5, 5.41) is 1.68.